The molecule has 0 bridgehead atoms. The van der Waals surface area contributed by atoms with Gasteiger partial charge in [-0.05, 0) is 47.5 Å². The lowest BCUT2D eigenvalue weighted by atomic mass is 9.80. The van der Waals surface area contributed by atoms with E-state index in [-0.39, 0.29) is 22.7 Å². The Morgan fingerprint density at radius 3 is 2.33 bits per heavy atom. The van der Waals surface area contributed by atoms with Gasteiger partial charge in [0, 0.05) is 23.3 Å². The lowest BCUT2D eigenvalue weighted by molar-refractivity contribution is -0.119. The van der Waals surface area contributed by atoms with E-state index < -0.39 is 12.1 Å². The molecule has 0 radical (unpaired) electrons. The van der Waals surface area contributed by atoms with Crippen LogP contribution in [0.15, 0.2) is 11.8 Å². The van der Waals surface area contributed by atoms with Gasteiger partial charge < -0.3 is 21.1 Å². The Kier molecular flexibility index (Phi) is 5.37. The van der Waals surface area contributed by atoms with Gasteiger partial charge in [0.25, 0.3) is 5.91 Å². The van der Waals surface area contributed by atoms with Crippen molar-refractivity contribution in [3.8, 4) is 6.07 Å². The summed E-state index contributed by atoms with van der Waals surface area (Å²) in [5.41, 5.74) is -0.0609. The summed E-state index contributed by atoms with van der Waals surface area (Å²) in [6.07, 6.45) is 2.25. The zero-order valence-corrected chi connectivity index (χ0v) is 13.4. The molecular weight excluding hydrogens is 268 g/mol. The van der Waals surface area contributed by atoms with E-state index in [0.717, 1.165) is 12.8 Å². The number of amides is 1. The van der Waals surface area contributed by atoms with Crippen LogP contribution in [0.5, 0.6) is 0 Å². The summed E-state index contributed by atoms with van der Waals surface area (Å²) in [7, 11) is 0. The van der Waals surface area contributed by atoms with Gasteiger partial charge in [-0.15, -0.1) is 0 Å². The van der Waals surface area contributed by atoms with Gasteiger partial charge in [0.1, 0.15) is 17.9 Å². The summed E-state index contributed by atoms with van der Waals surface area (Å²) in [4.78, 5) is 11.7. The molecular formula is C15H26N4O2. The number of nitriles is 1. The molecule has 1 aliphatic heterocycles. The predicted octanol–water partition coefficient (Wildman–Crippen LogP) is 0.747. The monoisotopic (exact) mass is 294 g/mol. The van der Waals surface area contributed by atoms with Gasteiger partial charge in [0.15, 0.2) is 0 Å². The molecule has 1 heterocycles. The molecule has 1 unspecified atom stereocenters. The van der Waals surface area contributed by atoms with Crippen molar-refractivity contribution in [3.05, 3.63) is 11.8 Å². The van der Waals surface area contributed by atoms with Crippen LogP contribution in [0.3, 0.4) is 0 Å². The lowest BCUT2D eigenvalue weighted by Crippen LogP contribution is -2.61. The molecule has 1 atom stereocenters. The van der Waals surface area contributed by atoms with E-state index in [1.165, 1.54) is 13.1 Å². The Labute approximate surface area is 126 Å². The van der Waals surface area contributed by atoms with Crippen molar-refractivity contribution in [2.45, 2.75) is 70.8 Å². The van der Waals surface area contributed by atoms with Gasteiger partial charge in [-0.25, -0.2) is 0 Å². The maximum absolute atomic E-state index is 11.7. The van der Waals surface area contributed by atoms with E-state index in [1.54, 1.807) is 0 Å². The molecule has 6 heteroatoms. The number of aliphatic hydroxyl groups is 1. The number of nitrogens with zero attached hydrogens (tertiary/aromatic N) is 1. The fraction of sp³-hybridized carbons (Fsp3) is 0.733. The fourth-order valence-corrected chi connectivity index (χ4v) is 3.06. The SMILES string of the molecule is CC(O)NC(=O)C(C#N)=CNC1CC(C)(C)NC(C)(C)C1. The van der Waals surface area contributed by atoms with Gasteiger partial charge in [-0.1, -0.05) is 0 Å². The van der Waals surface area contributed by atoms with Crippen molar-refractivity contribution < 1.29 is 9.90 Å². The Hall–Kier alpha value is -1.58. The van der Waals surface area contributed by atoms with Crippen LogP contribution in [0.1, 0.15) is 47.5 Å². The second-order valence-corrected chi connectivity index (χ2v) is 6.98. The molecule has 21 heavy (non-hydrogen) atoms. The molecule has 0 spiro atoms. The summed E-state index contributed by atoms with van der Waals surface area (Å²) in [5.74, 6) is -0.576. The quantitative estimate of drug-likeness (QED) is 0.348. The first-order chi connectivity index (χ1) is 9.54. The molecule has 0 saturated carbocycles. The molecule has 1 saturated heterocycles. The van der Waals surface area contributed by atoms with Crippen molar-refractivity contribution >= 4 is 5.91 Å². The molecule has 0 aromatic rings. The largest absolute Gasteiger partial charge is 0.387 e. The average Bonchev–Trinajstić information content (AvgIpc) is 2.24. The highest BCUT2D eigenvalue weighted by Crippen LogP contribution is 2.28. The second-order valence-electron chi connectivity index (χ2n) is 6.98. The maximum Gasteiger partial charge on any atom is 0.265 e. The maximum atomic E-state index is 11.7. The van der Waals surface area contributed by atoms with Crippen LogP contribution in [0, 0.1) is 11.3 Å². The first kappa shape index (κ1) is 17.5. The molecule has 118 valence electrons. The molecule has 4 N–H and O–H groups in total. The van der Waals surface area contributed by atoms with Crippen LogP contribution in [-0.4, -0.2) is 34.4 Å². The average molecular weight is 294 g/mol. The fourth-order valence-electron chi connectivity index (χ4n) is 3.06. The van der Waals surface area contributed by atoms with Crippen molar-refractivity contribution in [3.63, 3.8) is 0 Å². The number of nitrogens with one attached hydrogen (secondary N) is 3. The molecule has 1 aliphatic rings. The Balaban J connectivity index is 2.73. The summed E-state index contributed by atoms with van der Waals surface area (Å²) in [6, 6.07) is 2.03. The van der Waals surface area contributed by atoms with Crippen molar-refractivity contribution in [2.75, 3.05) is 0 Å². The summed E-state index contributed by atoms with van der Waals surface area (Å²) in [5, 5.41) is 27.2. The number of hydrogen-bond acceptors (Lipinski definition) is 5. The number of carbonyl (C=O) groups is 1. The highest BCUT2D eigenvalue weighted by Gasteiger charge is 2.37. The van der Waals surface area contributed by atoms with E-state index in [9.17, 15) is 4.79 Å². The molecule has 0 aromatic carbocycles. The van der Waals surface area contributed by atoms with Crippen LogP contribution in [0.4, 0.5) is 0 Å². The zero-order valence-electron chi connectivity index (χ0n) is 13.4. The van der Waals surface area contributed by atoms with Gasteiger partial charge in [-0.3, -0.25) is 4.79 Å². The second kappa shape index (κ2) is 6.46. The third-order valence-electron chi connectivity index (χ3n) is 3.36. The number of piperidine rings is 1. The Morgan fingerprint density at radius 2 is 1.90 bits per heavy atom. The van der Waals surface area contributed by atoms with Crippen molar-refractivity contribution in [2.24, 2.45) is 0 Å². The topological polar surface area (TPSA) is 97.2 Å². The van der Waals surface area contributed by atoms with Crippen LogP contribution >= 0.6 is 0 Å². The van der Waals surface area contributed by atoms with E-state index >= 15 is 0 Å². The van der Waals surface area contributed by atoms with Crippen LogP contribution in [-0.2, 0) is 4.79 Å². The zero-order chi connectivity index (χ0) is 16.3. The minimum atomic E-state index is -0.981. The van der Waals surface area contributed by atoms with Gasteiger partial charge in [0.05, 0.1) is 0 Å². The molecule has 1 amide bonds. The molecule has 6 nitrogen and oxygen atoms in total. The smallest absolute Gasteiger partial charge is 0.265 e. The minimum Gasteiger partial charge on any atom is -0.387 e. The van der Waals surface area contributed by atoms with Crippen LogP contribution in [0.2, 0.25) is 0 Å². The van der Waals surface area contributed by atoms with Crippen molar-refractivity contribution in [1.29, 1.82) is 5.26 Å². The number of aliphatic hydroxyl groups excluding tert-OH is 1. The predicted molar refractivity (Wildman–Crippen MR) is 81.0 cm³/mol. The number of rotatable bonds is 4. The van der Waals surface area contributed by atoms with Gasteiger partial charge in [-0.2, -0.15) is 5.26 Å². The van der Waals surface area contributed by atoms with Crippen molar-refractivity contribution in [1.82, 2.24) is 16.0 Å². The molecule has 0 aromatic heterocycles. The summed E-state index contributed by atoms with van der Waals surface area (Å²) < 4.78 is 0. The minimum absolute atomic E-state index is 0.0120. The van der Waals surface area contributed by atoms with E-state index in [2.05, 4.69) is 43.6 Å². The molecule has 1 rings (SSSR count). The molecule has 1 fully saturated rings. The number of carbonyl (C=O) groups excluding carboxylic acids is 1. The van der Waals surface area contributed by atoms with E-state index in [1.807, 2.05) is 6.07 Å². The first-order valence-corrected chi connectivity index (χ1v) is 7.19. The Bertz CT molecular complexity index is 445. The lowest BCUT2D eigenvalue weighted by Gasteiger charge is -2.46. The van der Waals surface area contributed by atoms with E-state index in [0.29, 0.717) is 0 Å². The van der Waals surface area contributed by atoms with Gasteiger partial charge in [0.2, 0.25) is 0 Å². The normalized spacial score (nSPS) is 23.0. The summed E-state index contributed by atoms with van der Waals surface area (Å²) in [6.45, 7) is 9.97. The third kappa shape index (κ3) is 5.74. The highest BCUT2D eigenvalue weighted by atomic mass is 16.3. The first-order valence-electron chi connectivity index (χ1n) is 7.19. The third-order valence-corrected chi connectivity index (χ3v) is 3.36. The van der Waals surface area contributed by atoms with E-state index in [4.69, 9.17) is 10.4 Å². The summed E-state index contributed by atoms with van der Waals surface area (Å²) >= 11 is 0. The highest BCUT2D eigenvalue weighted by molar-refractivity contribution is 5.97. The van der Waals surface area contributed by atoms with Crippen LogP contribution in [0.25, 0.3) is 0 Å². The number of hydrogen-bond donors (Lipinski definition) is 4. The standard InChI is InChI=1S/C15H26N4O2/c1-10(20)18-13(21)11(8-16)9-17-12-6-14(2,3)19-15(4,5)7-12/h9-10,12,17,19-20H,6-7H2,1-5H3,(H,18,21). The van der Waals surface area contributed by atoms with Gasteiger partial charge >= 0.3 is 0 Å². The molecule has 0 aliphatic carbocycles. The van der Waals surface area contributed by atoms with Crippen LogP contribution < -0.4 is 16.0 Å². The Morgan fingerprint density at radius 1 is 1.38 bits per heavy atom.